The lowest BCUT2D eigenvalue weighted by atomic mass is 10.1. The highest BCUT2D eigenvalue weighted by Crippen LogP contribution is 2.45. The van der Waals surface area contributed by atoms with Crippen LogP contribution in [0.3, 0.4) is 0 Å². The first kappa shape index (κ1) is 14.8. The van der Waals surface area contributed by atoms with Gasteiger partial charge >= 0.3 is 0 Å². The van der Waals surface area contributed by atoms with Crippen LogP contribution >= 0.6 is 23.5 Å². The van der Waals surface area contributed by atoms with Crippen molar-refractivity contribution in [2.45, 2.75) is 17.5 Å². The first-order valence-corrected chi connectivity index (χ1v) is 8.43. The smallest absolute Gasteiger partial charge is 0.251 e. The lowest BCUT2D eigenvalue weighted by Gasteiger charge is -2.13. The third kappa shape index (κ3) is 4.16. The van der Waals surface area contributed by atoms with Crippen LogP contribution in [0.4, 0.5) is 0 Å². The van der Waals surface area contributed by atoms with Crippen molar-refractivity contribution in [1.82, 2.24) is 5.32 Å². The van der Waals surface area contributed by atoms with E-state index in [2.05, 4.69) is 17.4 Å². The number of methoxy groups -OCH3 is 1. The molecule has 0 radical (unpaired) electrons. The fourth-order valence-electron chi connectivity index (χ4n) is 1.94. The van der Waals surface area contributed by atoms with Crippen molar-refractivity contribution in [1.29, 1.82) is 0 Å². The van der Waals surface area contributed by atoms with E-state index in [1.165, 1.54) is 17.1 Å². The number of rotatable bonds is 5. The molecule has 1 saturated heterocycles. The minimum Gasteiger partial charge on any atom is -0.383 e. The maximum absolute atomic E-state index is 12.0. The fraction of sp³-hybridized carbons (Fsp3) is 0.500. The van der Waals surface area contributed by atoms with Crippen molar-refractivity contribution < 1.29 is 9.53 Å². The Kier molecular flexibility index (Phi) is 5.60. The van der Waals surface area contributed by atoms with Crippen molar-refractivity contribution in [3.05, 3.63) is 35.4 Å². The van der Waals surface area contributed by atoms with Crippen LogP contribution in [0.2, 0.25) is 0 Å². The summed E-state index contributed by atoms with van der Waals surface area (Å²) < 4.78 is 5.54. The van der Waals surface area contributed by atoms with Crippen LogP contribution in [-0.4, -0.2) is 37.2 Å². The van der Waals surface area contributed by atoms with Crippen LogP contribution in [0, 0.1) is 0 Å². The predicted octanol–water partition coefficient (Wildman–Crippen LogP) is 2.93. The molecule has 1 aliphatic heterocycles. The largest absolute Gasteiger partial charge is 0.383 e. The molecule has 1 amide bonds. The third-order valence-electron chi connectivity index (χ3n) is 2.86. The second-order valence-corrected chi connectivity index (χ2v) is 7.25. The first-order valence-electron chi connectivity index (χ1n) is 6.33. The normalized spacial score (nSPS) is 17.4. The Balaban J connectivity index is 1.95. The third-order valence-corrected chi connectivity index (χ3v) is 5.97. The summed E-state index contributed by atoms with van der Waals surface area (Å²) in [5, 5.41) is 2.91. The molecule has 5 heteroatoms. The van der Waals surface area contributed by atoms with E-state index in [0.29, 0.717) is 16.8 Å². The van der Waals surface area contributed by atoms with Gasteiger partial charge in [0, 0.05) is 30.2 Å². The van der Waals surface area contributed by atoms with E-state index in [-0.39, 0.29) is 11.9 Å². The molecular formula is C14H19NO2S2. The minimum absolute atomic E-state index is 0.0260. The van der Waals surface area contributed by atoms with E-state index in [9.17, 15) is 4.79 Å². The summed E-state index contributed by atoms with van der Waals surface area (Å²) in [7, 11) is 1.63. The van der Waals surface area contributed by atoms with Gasteiger partial charge in [0.1, 0.15) is 0 Å². The molecule has 1 fully saturated rings. The zero-order valence-electron chi connectivity index (χ0n) is 11.2. The van der Waals surface area contributed by atoms with Crippen LogP contribution < -0.4 is 5.32 Å². The summed E-state index contributed by atoms with van der Waals surface area (Å²) in [5.41, 5.74) is 2.01. The van der Waals surface area contributed by atoms with E-state index in [1.807, 2.05) is 42.6 Å². The number of hydrogen-bond acceptors (Lipinski definition) is 4. The van der Waals surface area contributed by atoms with Gasteiger partial charge in [-0.25, -0.2) is 0 Å². The standard InChI is InChI=1S/C14H19NO2S2/c1-10(9-17-2)15-13(16)11-3-5-12(6-4-11)14-18-7-8-19-14/h3-6,10,14H,7-9H2,1-2H3,(H,15,16)/t10-/m1/s1. The molecule has 0 bridgehead atoms. The Bertz CT molecular complexity index is 416. The molecule has 0 aromatic heterocycles. The molecule has 0 saturated carbocycles. The summed E-state index contributed by atoms with van der Waals surface area (Å²) in [5.74, 6) is 2.39. The van der Waals surface area contributed by atoms with Crippen LogP contribution in [0.5, 0.6) is 0 Å². The highest BCUT2D eigenvalue weighted by Gasteiger charge is 2.18. The zero-order chi connectivity index (χ0) is 13.7. The van der Waals surface area contributed by atoms with Crippen molar-refractivity contribution >= 4 is 29.4 Å². The average Bonchev–Trinajstić information content (AvgIpc) is 2.93. The maximum atomic E-state index is 12.0. The van der Waals surface area contributed by atoms with Crippen LogP contribution in [-0.2, 0) is 4.74 Å². The van der Waals surface area contributed by atoms with Gasteiger partial charge < -0.3 is 10.1 Å². The summed E-state index contributed by atoms with van der Waals surface area (Å²) >= 11 is 3.95. The Morgan fingerprint density at radius 2 is 2.00 bits per heavy atom. The molecule has 1 aromatic rings. The molecular weight excluding hydrogens is 278 g/mol. The second kappa shape index (κ2) is 7.22. The number of carbonyl (C=O) groups is 1. The van der Waals surface area contributed by atoms with E-state index in [0.717, 1.165) is 0 Å². The molecule has 2 rings (SSSR count). The van der Waals surface area contributed by atoms with Gasteiger partial charge in [0.25, 0.3) is 5.91 Å². The van der Waals surface area contributed by atoms with Crippen molar-refractivity contribution in [3.8, 4) is 0 Å². The summed E-state index contributed by atoms with van der Waals surface area (Å²) in [6.07, 6.45) is 0. The van der Waals surface area contributed by atoms with Crippen molar-refractivity contribution in [2.75, 3.05) is 25.2 Å². The predicted molar refractivity (Wildman–Crippen MR) is 82.9 cm³/mol. The number of thioether (sulfide) groups is 2. The highest BCUT2D eigenvalue weighted by molar-refractivity contribution is 8.19. The van der Waals surface area contributed by atoms with Crippen LogP contribution in [0.1, 0.15) is 27.4 Å². The molecule has 0 spiro atoms. The Labute approximate surface area is 122 Å². The molecule has 3 nitrogen and oxygen atoms in total. The van der Waals surface area contributed by atoms with E-state index < -0.39 is 0 Å². The van der Waals surface area contributed by atoms with Crippen LogP contribution in [0.15, 0.2) is 24.3 Å². The van der Waals surface area contributed by atoms with Crippen LogP contribution in [0.25, 0.3) is 0 Å². The summed E-state index contributed by atoms with van der Waals surface area (Å²) in [6.45, 7) is 2.46. The molecule has 1 aliphatic rings. The number of nitrogens with one attached hydrogen (secondary N) is 1. The summed E-state index contributed by atoms with van der Waals surface area (Å²) in [6, 6.07) is 7.96. The number of amides is 1. The molecule has 1 heterocycles. The highest BCUT2D eigenvalue weighted by atomic mass is 32.2. The lowest BCUT2D eigenvalue weighted by Crippen LogP contribution is -2.35. The molecule has 1 N–H and O–H groups in total. The Hall–Kier alpha value is -0.650. The Morgan fingerprint density at radius 3 is 2.58 bits per heavy atom. The maximum Gasteiger partial charge on any atom is 0.251 e. The monoisotopic (exact) mass is 297 g/mol. The molecule has 19 heavy (non-hydrogen) atoms. The number of hydrogen-bond donors (Lipinski definition) is 1. The van der Waals surface area contributed by atoms with Gasteiger partial charge in [-0.15, -0.1) is 23.5 Å². The van der Waals surface area contributed by atoms with E-state index in [4.69, 9.17) is 4.74 Å². The molecule has 104 valence electrons. The quantitative estimate of drug-likeness (QED) is 0.907. The van der Waals surface area contributed by atoms with Gasteiger partial charge in [-0.1, -0.05) is 12.1 Å². The van der Waals surface area contributed by atoms with Crippen molar-refractivity contribution in [3.63, 3.8) is 0 Å². The average molecular weight is 297 g/mol. The Morgan fingerprint density at radius 1 is 1.37 bits per heavy atom. The second-order valence-electron chi connectivity index (χ2n) is 4.53. The number of carbonyl (C=O) groups excluding carboxylic acids is 1. The first-order chi connectivity index (χ1) is 9.20. The molecule has 1 aromatic carbocycles. The number of ether oxygens (including phenoxy) is 1. The minimum atomic E-state index is -0.0390. The van der Waals surface area contributed by atoms with Gasteiger partial charge in [0.05, 0.1) is 11.2 Å². The molecule has 1 atom stereocenters. The zero-order valence-corrected chi connectivity index (χ0v) is 12.9. The van der Waals surface area contributed by atoms with Gasteiger partial charge in [-0.05, 0) is 24.6 Å². The lowest BCUT2D eigenvalue weighted by molar-refractivity contribution is 0.0905. The van der Waals surface area contributed by atoms with Gasteiger partial charge in [-0.2, -0.15) is 0 Å². The van der Waals surface area contributed by atoms with Gasteiger partial charge in [0.2, 0.25) is 0 Å². The van der Waals surface area contributed by atoms with E-state index >= 15 is 0 Å². The fourth-order valence-corrected chi connectivity index (χ4v) is 4.80. The number of benzene rings is 1. The SMILES string of the molecule is COC[C@@H](C)NC(=O)c1ccc(C2SCCS2)cc1. The topological polar surface area (TPSA) is 38.3 Å². The van der Waals surface area contributed by atoms with Gasteiger partial charge in [0.15, 0.2) is 0 Å². The molecule has 0 aliphatic carbocycles. The summed E-state index contributed by atoms with van der Waals surface area (Å²) in [4.78, 5) is 12.0. The van der Waals surface area contributed by atoms with Gasteiger partial charge in [-0.3, -0.25) is 4.79 Å². The van der Waals surface area contributed by atoms with Crippen molar-refractivity contribution in [2.24, 2.45) is 0 Å². The molecule has 0 unspecified atom stereocenters. The van der Waals surface area contributed by atoms with E-state index in [1.54, 1.807) is 7.11 Å².